The van der Waals surface area contributed by atoms with Gasteiger partial charge in [0, 0.05) is 11.6 Å². The first kappa shape index (κ1) is 17.1. The minimum atomic E-state index is -0.329. The van der Waals surface area contributed by atoms with E-state index in [0.717, 1.165) is 21.5 Å². The van der Waals surface area contributed by atoms with E-state index in [9.17, 15) is 4.79 Å². The molecule has 0 aliphatic heterocycles. The Morgan fingerprint density at radius 2 is 2.19 bits per heavy atom. The molecule has 4 rings (SSSR count). The minimum Gasteiger partial charge on any atom is -0.482 e. The minimum absolute atomic E-state index is 0.0981. The molecule has 3 heterocycles. The van der Waals surface area contributed by atoms with E-state index >= 15 is 0 Å². The second-order valence-corrected chi connectivity index (χ2v) is 6.55. The number of ether oxygens (including phenoxy) is 1. The summed E-state index contributed by atoms with van der Waals surface area (Å²) in [7, 11) is 0. The van der Waals surface area contributed by atoms with Crippen LogP contribution in [-0.2, 0) is 13.2 Å². The summed E-state index contributed by atoms with van der Waals surface area (Å²) in [6.45, 7) is 2.29. The third-order valence-electron chi connectivity index (χ3n) is 3.89. The molecular weight excluding hydrogens is 366 g/mol. The number of nitrogens with zero attached hydrogens (tertiary/aromatic N) is 4. The van der Waals surface area contributed by atoms with Gasteiger partial charge < -0.3 is 14.5 Å². The van der Waals surface area contributed by atoms with E-state index in [2.05, 4.69) is 24.9 Å². The molecule has 9 heteroatoms. The molecule has 4 aromatic rings. The van der Waals surface area contributed by atoms with E-state index < -0.39 is 0 Å². The average molecular weight is 381 g/mol. The molecule has 0 saturated heterocycles. The van der Waals surface area contributed by atoms with Crippen LogP contribution < -0.4 is 10.1 Å². The fourth-order valence-corrected chi connectivity index (χ4v) is 3.05. The second kappa shape index (κ2) is 7.50. The van der Waals surface area contributed by atoms with Crippen molar-refractivity contribution >= 4 is 28.3 Å². The zero-order valence-electron chi connectivity index (χ0n) is 14.4. The number of hydrogen-bond donors (Lipinski definition) is 1. The quantitative estimate of drug-likeness (QED) is 0.548. The van der Waals surface area contributed by atoms with Crippen LogP contribution in [0.5, 0.6) is 5.75 Å². The predicted molar refractivity (Wildman–Crippen MR) is 98.4 cm³/mol. The molecule has 0 atom stereocenters. The van der Waals surface area contributed by atoms with Crippen molar-refractivity contribution < 1.29 is 13.9 Å². The Bertz CT molecular complexity index is 1090. The van der Waals surface area contributed by atoms with Gasteiger partial charge in [-0.15, -0.1) is 5.10 Å². The van der Waals surface area contributed by atoms with Gasteiger partial charge in [-0.3, -0.25) is 9.78 Å². The summed E-state index contributed by atoms with van der Waals surface area (Å²) in [6, 6.07) is 9.52. The Labute approximate surface area is 158 Å². The molecule has 136 valence electrons. The highest BCUT2D eigenvalue weighted by Gasteiger charge is 2.14. The third kappa shape index (κ3) is 3.77. The van der Waals surface area contributed by atoms with Crippen LogP contribution in [0.25, 0.3) is 10.9 Å². The fourth-order valence-electron chi connectivity index (χ4n) is 2.48. The van der Waals surface area contributed by atoms with Crippen molar-refractivity contribution in [3.63, 3.8) is 0 Å². The number of amides is 1. The maximum absolute atomic E-state index is 12.2. The molecular formula is C18H15N5O3S. The Balaban J connectivity index is 1.39. The second-order valence-electron chi connectivity index (χ2n) is 5.71. The molecule has 0 fully saturated rings. The van der Waals surface area contributed by atoms with Crippen LogP contribution in [0.15, 0.2) is 47.2 Å². The number of hydrogen-bond acceptors (Lipinski definition) is 8. The number of para-hydroxylation sites is 1. The predicted octanol–water partition coefficient (Wildman–Crippen LogP) is 2.89. The number of rotatable bonds is 6. The van der Waals surface area contributed by atoms with Crippen LogP contribution in [-0.4, -0.2) is 25.5 Å². The Kier molecular flexibility index (Phi) is 4.75. The fraction of sp³-hybridized carbons (Fsp3) is 0.167. The summed E-state index contributed by atoms with van der Waals surface area (Å²) in [5, 5.41) is 7.66. The van der Waals surface area contributed by atoms with Crippen LogP contribution in [0.2, 0.25) is 0 Å². The maximum atomic E-state index is 12.2. The lowest BCUT2D eigenvalue weighted by Gasteiger charge is -2.06. The van der Waals surface area contributed by atoms with Gasteiger partial charge in [0.1, 0.15) is 17.5 Å². The summed E-state index contributed by atoms with van der Waals surface area (Å²) in [4.78, 5) is 21.6. The van der Waals surface area contributed by atoms with Gasteiger partial charge in [0.05, 0.1) is 17.1 Å². The van der Waals surface area contributed by atoms with E-state index in [1.807, 2.05) is 37.3 Å². The molecule has 1 N–H and O–H groups in total. The van der Waals surface area contributed by atoms with Gasteiger partial charge in [-0.25, -0.2) is 4.98 Å². The van der Waals surface area contributed by atoms with E-state index in [4.69, 9.17) is 9.15 Å². The molecule has 27 heavy (non-hydrogen) atoms. The molecule has 0 aliphatic rings. The van der Waals surface area contributed by atoms with Gasteiger partial charge >= 0.3 is 0 Å². The lowest BCUT2D eigenvalue weighted by Crippen LogP contribution is -2.23. The standard InChI is InChI=1S/C18H15N5O3S/c1-11-15(27-23-22-11)8-20-18(24)13-9-26-16(21-13)10-25-14-6-2-4-12-5-3-7-19-17(12)14/h2-7,9H,8,10H2,1H3,(H,20,24). The summed E-state index contributed by atoms with van der Waals surface area (Å²) >= 11 is 1.25. The Morgan fingerprint density at radius 3 is 3.04 bits per heavy atom. The van der Waals surface area contributed by atoms with E-state index in [1.54, 1.807) is 6.20 Å². The highest BCUT2D eigenvalue weighted by atomic mass is 32.1. The summed E-state index contributed by atoms with van der Waals surface area (Å²) in [6.07, 6.45) is 3.02. The zero-order valence-corrected chi connectivity index (χ0v) is 15.2. The van der Waals surface area contributed by atoms with Gasteiger partial charge in [-0.05, 0) is 30.6 Å². The Hall–Kier alpha value is -3.33. The lowest BCUT2D eigenvalue weighted by atomic mass is 10.2. The van der Waals surface area contributed by atoms with Gasteiger partial charge in [0.2, 0.25) is 5.89 Å². The highest BCUT2D eigenvalue weighted by molar-refractivity contribution is 7.05. The number of benzene rings is 1. The number of fused-ring (bicyclic) bond motifs is 1. The van der Waals surface area contributed by atoms with Crippen LogP contribution >= 0.6 is 11.5 Å². The molecule has 0 bridgehead atoms. The number of carbonyl (C=O) groups excluding carboxylic acids is 1. The summed E-state index contributed by atoms with van der Waals surface area (Å²) < 4.78 is 14.9. The van der Waals surface area contributed by atoms with E-state index in [-0.39, 0.29) is 18.2 Å². The van der Waals surface area contributed by atoms with Crippen LogP contribution in [0.1, 0.15) is 27.0 Å². The van der Waals surface area contributed by atoms with E-state index in [0.29, 0.717) is 18.2 Å². The largest absolute Gasteiger partial charge is 0.482 e. The van der Waals surface area contributed by atoms with Crippen molar-refractivity contribution in [1.29, 1.82) is 0 Å². The number of aryl methyl sites for hydroxylation is 1. The molecule has 0 unspecified atom stereocenters. The number of nitrogens with one attached hydrogen (secondary N) is 1. The van der Waals surface area contributed by atoms with E-state index in [1.165, 1.54) is 17.8 Å². The monoisotopic (exact) mass is 381 g/mol. The molecule has 1 amide bonds. The SMILES string of the molecule is Cc1nnsc1CNC(=O)c1coc(COc2cccc3cccnc23)n1. The van der Waals surface area contributed by atoms with Crippen molar-refractivity contribution in [3.05, 3.63) is 64.9 Å². The van der Waals surface area contributed by atoms with Crippen molar-refractivity contribution in [3.8, 4) is 5.75 Å². The summed E-state index contributed by atoms with van der Waals surface area (Å²) in [5.74, 6) is 0.610. The maximum Gasteiger partial charge on any atom is 0.273 e. The molecule has 0 saturated carbocycles. The van der Waals surface area contributed by atoms with Crippen molar-refractivity contribution in [2.45, 2.75) is 20.1 Å². The molecule has 1 aromatic carbocycles. The van der Waals surface area contributed by atoms with Crippen LogP contribution in [0, 0.1) is 6.92 Å². The third-order valence-corrected chi connectivity index (χ3v) is 4.71. The number of carbonyl (C=O) groups is 1. The average Bonchev–Trinajstić information content (AvgIpc) is 3.33. The van der Waals surface area contributed by atoms with Crippen molar-refractivity contribution in [1.82, 2.24) is 24.9 Å². The first-order valence-electron chi connectivity index (χ1n) is 8.17. The van der Waals surface area contributed by atoms with Gasteiger partial charge in [0.25, 0.3) is 5.91 Å². The topological polar surface area (TPSA) is 103 Å². The van der Waals surface area contributed by atoms with Gasteiger partial charge in [-0.2, -0.15) is 0 Å². The van der Waals surface area contributed by atoms with Gasteiger partial charge in [-0.1, -0.05) is 22.7 Å². The summed E-state index contributed by atoms with van der Waals surface area (Å²) in [5.41, 5.74) is 1.76. The molecule has 0 spiro atoms. The van der Waals surface area contributed by atoms with Crippen LogP contribution in [0.3, 0.4) is 0 Å². The Morgan fingerprint density at radius 1 is 1.30 bits per heavy atom. The zero-order chi connectivity index (χ0) is 18.6. The molecule has 8 nitrogen and oxygen atoms in total. The van der Waals surface area contributed by atoms with Gasteiger partial charge in [0.15, 0.2) is 12.3 Å². The molecule has 0 radical (unpaired) electrons. The normalized spacial score (nSPS) is 10.9. The lowest BCUT2D eigenvalue weighted by molar-refractivity contribution is 0.0946. The highest BCUT2D eigenvalue weighted by Crippen LogP contribution is 2.23. The molecule has 3 aromatic heterocycles. The number of oxazole rings is 1. The van der Waals surface area contributed by atoms with Crippen molar-refractivity contribution in [2.24, 2.45) is 0 Å². The smallest absolute Gasteiger partial charge is 0.273 e. The number of aromatic nitrogens is 4. The molecule has 0 aliphatic carbocycles. The first-order valence-corrected chi connectivity index (χ1v) is 8.95. The van der Waals surface area contributed by atoms with Crippen molar-refractivity contribution in [2.75, 3.05) is 0 Å². The number of pyridine rings is 1. The first-order chi connectivity index (χ1) is 13.2. The van der Waals surface area contributed by atoms with Crippen LogP contribution in [0.4, 0.5) is 0 Å².